The van der Waals surface area contributed by atoms with Gasteiger partial charge in [0.25, 0.3) is 0 Å². The lowest BCUT2D eigenvalue weighted by molar-refractivity contribution is 0.297. The first-order valence-corrected chi connectivity index (χ1v) is 8.15. The van der Waals surface area contributed by atoms with E-state index in [1.165, 1.54) is 17.7 Å². The quantitative estimate of drug-likeness (QED) is 0.870. The maximum Gasteiger partial charge on any atom is 0.244 e. The number of hydrogen-bond acceptors (Lipinski definition) is 5. The van der Waals surface area contributed by atoms with Crippen LogP contribution in [0.2, 0.25) is 0 Å². The van der Waals surface area contributed by atoms with E-state index < -0.39 is 0 Å². The van der Waals surface area contributed by atoms with Gasteiger partial charge in [0.2, 0.25) is 11.7 Å². The summed E-state index contributed by atoms with van der Waals surface area (Å²) in [7, 11) is 0. The Morgan fingerprint density at radius 2 is 2.15 bits per heavy atom. The lowest BCUT2D eigenvalue weighted by atomic mass is 10.1. The SMILES string of the molecule is CCSc1ccc(-c2noc([C@H]3CCCCN3)n2)cc1. The molecule has 106 valence electrons. The molecule has 1 aromatic carbocycles. The number of rotatable bonds is 4. The third-order valence-electron chi connectivity index (χ3n) is 3.47. The normalized spacial score (nSPS) is 19.1. The van der Waals surface area contributed by atoms with Crippen molar-refractivity contribution in [1.29, 1.82) is 0 Å². The second-order valence-corrected chi connectivity index (χ2v) is 6.25. The summed E-state index contributed by atoms with van der Waals surface area (Å²) in [6.07, 6.45) is 3.53. The highest BCUT2D eigenvalue weighted by molar-refractivity contribution is 7.99. The van der Waals surface area contributed by atoms with Crippen molar-refractivity contribution in [3.05, 3.63) is 30.2 Å². The molecule has 1 aliphatic heterocycles. The van der Waals surface area contributed by atoms with Crippen LogP contribution in [0.1, 0.15) is 38.1 Å². The molecule has 0 spiro atoms. The molecule has 0 unspecified atom stereocenters. The van der Waals surface area contributed by atoms with Crippen molar-refractivity contribution in [2.45, 2.75) is 37.1 Å². The number of nitrogens with one attached hydrogen (secondary N) is 1. The van der Waals surface area contributed by atoms with E-state index >= 15 is 0 Å². The zero-order chi connectivity index (χ0) is 13.8. The molecule has 0 aliphatic carbocycles. The van der Waals surface area contributed by atoms with Gasteiger partial charge in [0.05, 0.1) is 6.04 Å². The second-order valence-electron chi connectivity index (χ2n) is 4.92. The van der Waals surface area contributed by atoms with Gasteiger partial charge in [-0.3, -0.25) is 0 Å². The van der Waals surface area contributed by atoms with E-state index in [4.69, 9.17) is 4.52 Å². The second kappa shape index (κ2) is 6.41. The lowest BCUT2D eigenvalue weighted by Crippen LogP contribution is -2.26. The van der Waals surface area contributed by atoms with Gasteiger partial charge in [0.1, 0.15) is 0 Å². The van der Waals surface area contributed by atoms with Crippen LogP contribution >= 0.6 is 11.8 Å². The van der Waals surface area contributed by atoms with Crippen LogP contribution < -0.4 is 5.32 Å². The van der Waals surface area contributed by atoms with Crippen LogP contribution in [0.15, 0.2) is 33.7 Å². The highest BCUT2D eigenvalue weighted by Gasteiger charge is 2.21. The first kappa shape index (κ1) is 13.6. The Bertz CT molecular complexity index is 547. The van der Waals surface area contributed by atoms with Gasteiger partial charge >= 0.3 is 0 Å². The van der Waals surface area contributed by atoms with E-state index in [1.807, 2.05) is 11.8 Å². The maximum atomic E-state index is 5.41. The molecule has 3 rings (SSSR count). The van der Waals surface area contributed by atoms with Crippen LogP contribution in [0, 0.1) is 0 Å². The number of piperidine rings is 1. The van der Waals surface area contributed by atoms with Gasteiger partial charge < -0.3 is 9.84 Å². The molecule has 1 saturated heterocycles. The molecule has 2 heterocycles. The fourth-order valence-corrected chi connectivity index (χ4v) is 3.09. The standard InChI is InChI=1S/C15H19N3OS/c1-2-20-12-8-6-11(7-9-12)14-17-15(19-18-14)13-5-3-4-10-16-13/h6-9,13,16H,2-5,10H2,1H3/t13-/m1/s1. The molecule has 1 N–H and O–H groups in total. The van der Waals surface area contributed by atoms with Crippen LogP contribution in [0.5, 0.6) is 0 Å². The van der Waals surface area contributed by atoms with Crippen molar-refractivity contribution in [3.8, 4) is 11.4 Å². The zero-order valence-electron chi connectivity index (χ0n) is 11.6. The minimum atomic E-state index is 0.222. The van der Waals surface area contributed by atoms with Crippen LogP contribution in [-0.2, 0) is 0 Å². The van der Waals surface area contributed by atoms with E-state index in [1.54, 1.807) is 0 Å². The van der Waals surface area contributed by atoms with Gasteiger partial charge in [0, 0.05) is 10.5 Å². The summed E-state index contributed by atoms with van der Waals surface area (Å²) in [6.45, 7) is 3.19. The van der Waals surface area contributed by atoms with Gasteiger partial charge in [-0.05, 0) is 49.4 Å². The third kappa shape index (κ3) is 3.04. The number of benzene rings is 1. The van der Waals surface area contributed by atoms with E-state index in [2.05, 4.69) is 46.6 Å². The summed E-state index contributed by atoms with van der Waals surface area (Å²) in [4.78, 5) is 5.80. The fourth-order valence-electron chi connectivity index (χ4n) is 2.42. The Hall–Kier alpha value is -1.33. The number of nitrogens with zero attached hydrogens (tertiary/aromatic N) is 2. The fraction of sp³-hybridized carbons (Fsp3) is 0.467. The summed E-state index contributed by atoms with van der Waals surface area (Å²) >= 11 is 1.83. The maximum absolute atomic E-state index is 5.41. The summed E-state index contributed by atoms with van der Waals surface area (Å²) in [6, 6.07) is 8.55. The van der Waals surface area contributed by atoms with Gasteiger partial charge in [-0.15, -0.1) is 11.8 Å². The first-order chi connectivity index (χ1) is 9.86. The number of thioether (sulfide) groups is 1. The Balaban J connectivity index is 1.75. The minimum absolute atomic E-state index is 0.222. The molecule has 2 aromatic rings. The molecule has 1 aliphatic rings. The summed E-state index contributed by atoms with van der Waals surface area (Å²) in [5.41, 5.74) is 1.01. The Kier molecular flexibility index (Phi) is 4.38. The van der Waals surface area contributed by atoms with Crippen LogP contribution in [-0.4, -0.2) is 22.4 Å². The topological polar surface area (TPSA) is 51.0 Å². The molecule has 4 nitrogen and oxygen atoms in total. The van der Waals surface area contributed by atoms with Crippen molar-refractivity contribution in [2.75, 3.05) is 12.3 Å². The van der Waals surface area contributed by atoms with Crippen molar-refractivity contribution in [1.82, 2.24) is 15.5 Å². The average Bonchev–Trinajstić information content (AvgIpc) is 2.99. The smallest absolute Gasteiger partial charge is 0.244 e. The average molecular weight is 289 g/mol. The van der Waals surface area contributed by atoms with Gasteiger partial charge in [0.15, 0.2) is 0 Å². The molecule has 20 heavy (non-hydrogen) atoms. The summed E-state index contributed by atoms with van der Waals surface area (Å²) in [5, 5.41) is 7.53. The van der Waals surface area contributed by atoms with Crippen molar-refractivity contribution >= 4 is 11.8 Å². The van der Waals surface area contributed by atoms with E-state index in [0.29, 0.717) is 11.7 Å². The third-order valence-corrected chi connectivity index (χ3v) is 4.37. The Labute approximate surface area is 123 Å². The Morgan fingerprint density at radius 1 is 1.30 bits per heavy atom. The van der Waals surface area contributed by atoms with Crippen molar-refractivity contribution < 1.29 is 4.52 Å². The first-order valence-electron chi connectivity index (χ1n) is 7.17. The number of hydrogen-bond donors (Lipinski definition) is 1. The van der Waals surface area contributed by atoms with Crippen LogP contribution in [0.4, 0.5) is 0 Å². The largest absolute Gasteiger partial charge is 0.337 e. The zero-order valence-corrected chi connectivity index (χ0v) is 12.4. The lowest BCUT2D eigenvalue weighted by Gasteiger charge is -2.19. The molecule has 0 radical (unpaired) electrons. The molecular weight excluding hydrogens is 270 g/mol. The van der Waals surface area contributed by atoms with Crippen LogP contribution in [0.3, 0.4) is 0 Å². The Morgan fingerprint density at radius 3 is 2.85 bits per heavy atom. The van der Waals surface area contributed by atoms with Gasteiger partial charge in [-0.1, -0.05) is 18.5 Å². The van der Waals surface area contributed by atoms with Gasteiger partial charge in [-0.25, -0.2) is 0 Å². The van der Waals surface area contributed by atoms with Crippen molar-refractivity contribution in [3.63, 3.8) is 0 Å². The van der Waals surface area contributed by atoms with E-state index in [-0.39, 0.29) is 6.04 Å². The highest BCUT2D eigenvalue weighted by atomic mass is 32.2. The molecule has 0 saturated carbocycles. The molecule has 0 bridgehead atoms. The molecule has 1 fully saturated rings. The van der Waals surface area contributed by atoms with Gasteiger partial charge in [-0.2, -0.15) is 4.98 Å². The molecule has 1 atom stereocenters. The molecular formula is C15H19N3OS. The van der Waals surface area contributed by atoms with E-state index in [9.17, 15) is 0 Å². The summed E-state index contributed by atoms with van der Waals surface area (Å²) in [5.74, 6) is 2.48. The molecule has 5 heteroatoms. The van der Waals surface area contributed by atoms with Crippen LogP contribution in [0.25, 0.3) is 11.4 Å². The predicted molar refractivity (Wildman–Crippen MR) is 80.7 cm³/mol. The highest BCUT2D eigenvalue weighted by Crippen LogP contribution is 2.25. The predicted octanol–water partition coefficient (Wildman–Crippen LogP) is 3.66. The summed E-state index contributed by atoms with van der Waals surface area (Å²) < 4.78 is 5.41. The number of aromatic nitrogens is 2. The van der Waals surface area contributed by atoms with E-state index in [0.717, 1.165) is 24.3 Å². The van der Waals surface area contributed by atoms with Crippen molar-refractivity contribution in [2.24, 2.45) is 0 Å². The molecule has 1 aromatic heterocycles. The minimum Gasteiger partial charge on any atom is -0.337 e. The molecule has 0 amide bonds. The monoisotopic (exact) mass is 289 g/mol.